The van der Waals surface area contributed by atoms with E-state index in [1.807, 2.05) is 6.92 Å². The largest absolute Gasteiger partial charge is 0.308 e. The van der Waals surface area contributed by atoms with E-state index in [-0.39, 0.29) is 9.77 Å². The first-order valence-corrected chi connectivity index (χ1v) is 10.4. The number of fused-ring (bicyclic) bond motifs is 1. The third-order valence-corrected chi connectivity index (χ3v) is 6.51. The molecule has 1 heterocycles. The van der Waals surface area contributed by atoms with Crippen LogP contribution in [0.15, 0.2) is 46.1 Å². The van der Waals surface area contributed by atoms with Crippen LogP contribution in [0.2, 0.25) is 5.02 Å². The maximum atomic E-state index is 12.6. The van der Waals surface area contributed by atoms with E-state index in [0.29, 0.717) is 22.8 Å². The van der Waals surface area contributed by atoms with E-state index >= 15 is 0 Å². The van der Waals surface area contributed by atoms with Gasteiger partial charge in [0.1, 0.15) is 0 Å². The van der Waals surface area contributed by atoms with Crippen LogP contribution in [0.5, 0.6) is 0 Å². The van der Waals surface area contributed by atoms with Gasteiger partial charge in [-0.25, -0.2) is 8.42 Å². The zero-order valence-corrected chi connectivity index (χ0v) is 16.1. The molecule has 0 bridgehead atoms. The molecule has 1 N–H and O–H groups in total. The lowest BCUT2D eigenvalue weighted by molar-refractivity contribution is 0.600. The Hall–Kier alpha value is -1.83. The fourth-order valence-electron chi connectivity index (χ4n) is 2.69. The molecule has 0 aliphatic carbocycles. The van der Waals surface area contributed by atoms with Crippen molar-refractivity contribution in [1.29, 1.82) is 0 Å². The zero-order chi connectivity index (χ0) is 18.2. The van der Waals surface area contributed by atoms with E-state index in [9.17, 15) is 13.2 Å². The number of thiazole rings is 1. The lowest BCUT2D eigenvalue weighted by Gasteiger charge is -2.11. The molecule has 25 heavy (non-hydrogen) atoms. The summed E-state index contributed by atoms with van der Waals surface area (Å²) in [6.45, 7) is 4.35. The van der Waals surface area contributed by atoms with Crippen LogP contribution in [0.4, 0.5) is 5.69 Å². The van der Waals surface area contributed by atoms with Gasteiger partial charge in [0, 0.05) is 11.6 Å². The van der Waals surface area contributed by atoms with Crippen LogP contribution in [0.3, 0.4) is 0 Å². The average Bonchev–Trinajstić information content (AvgIpc) is 2.82. The smallest absolute Gasteiger partial charge is 0.299 e. The SMILES string of the molecule is CCCn1c(=O)sc2cc(NS(=O)(=O)c3ccc(Cl)cc3C)ccc21. The van der Waals surface area contributed by atoms with E-state index in [0.717, 1.165) is 28.0 Å². The predicted molar refractivity (Wildman–Crippen MR) is 103 cm³/mol. The first-order valence-electron chi connectivity index (χ1n) is 7.74. The Kier molecular flexibility index (Phi) is 4.90. The van der Waals surface area contributed by atoms with Crippen molar-refractivity contribution in [2.24, 2.45) is 0 Å². The molecule has 3 aromatic rings. The average molecular weight is 397 g/mol. The summed E-state index contributed by atoms with van der Waals surface area (Å²) in [5.41, 5.74) is 1.81. The molecule has 3 rings (SSSR count). The monoisotopic (exact) mass is 396 g/mol. The summed E-state index contributed by atoms with van der Waals surface area (Å²) < 4.78 is 30.3. The molecule has 0 aliphatic heterocycles. The highest BCUT2D eigenvalue weighted by Crippen LogP contribution is 2.26. The molecule has 0 fully saturated rings. The Morgan fingerprint density at radius 3 is 2.64 bits per heavy atom. The van der Waals surface area contributed by atoms with Crippen LogP contribution in [0, 0.1) is 6.92 Å². The fourth-order valence-corrected chi connectivity index (χ4v) is 5.15. The first-order chi connectivity index (χ1) is 11.8. The van der Waals surface area contributed by atoms with Gasteiger partial charge in [-0.1, -0.05) is 29.9 Å². The Labute approximate surface area is 154 Å². The number of aromatic nitrogens is 1. The second-order valence-corrected chi connectivity index (χ2v) is 8.80. The van der Waals surface area contributed by atoms with Crippen molar-refractivity contribution < 1.29 is 8.42 Å². The summed E-state index contributed by atoms with van der Waals surface area (Å²) in [5, 5.41) is 0.486. The van der Waals surface area contributed by atoms with Gasteiger partial charge in [-0.05, 0) is 55.3 Å². The number of hydrogen-bond acceptors (Lipinski definition) is 4. The maximum Gasteiger partial charge on any atom is 0.308 e. The number of nitrogens with one attached hydrogen (secondary N) is 1. The molecule has 132 valence electrons. The summed E-state index contributed by atoms with van der Waals surface area (Å²) in [6, 6.07) is 9.77. The quantitative estimate of drug-likeness (QED) is 0.701. The lowest BCUT2D eigenvalue weighted by Crippen LogP contribution is -2.14. The fraction of sp³-hybridized carbons (Fsp3) is 0.235. The van der Waals surface area contributed by atoms with E-state index < -0.39 is 10.0 Å². The number of sulfonamides is 1. The maximum absolute atomic E-state index is 12.6. The summed E-state index contributed by atoms with van der Waals surface area (Å²) in [6.07, 6.45) is 0.857. The van der Waals surface area contributed by atoms with Gasteiger partial charge in [0.25, 0.3) is 10.0 Å². The Balaban J connectivity index is 1.98. The van der Waals surface area contributed by atoms with Gasteiger partial charge in [0.05, 0.1) is 20.8 Å². The normalized spacial score (nSPS) is 11.8. The minimum atomic E-state index is -3.73. The molecule has 0 saturated heterocycles. The number of rotatable bonds is 5. The third kappa shape index (κ3) is 3.58. The van der Waals surface area contributed by atoms with Crippen molar-refractivity contribution in [3.63, 3.8) is 0 Å². The molecule has 0 radical (unpaired) electrons. The molecule has 0 aliphatic rings. The number of hydrogen-bond donors (Lipinski definition) is 1. The van der Waals surface area contributed by atoms with Gasteiger partial charge < -0.3 is 0 Å². The van der Waals surface area contributed by atoms with Crippen LogP contribution < -0.4 is 9.60 Å². The molecule has 0 amide bonds. The van der Waals surface area contributed by atoms with E-state index in [4.69, 9.17) is 11.6 Å². The molecule has 0 saturated carbocycles. The minimum absolute atomic E-state index is 0.0367. The number of anilines is 1. The number of halogens is 1. The molecular weight excluding hydrogens is 380 g/mol. The lowest BCUT2D eigenvalue weighted by atomic mass is 10.2. The van der Waals surface area contributed by atoms with Crippen LogP contribution in [-0.4, -0.2) is 13.0 Å². The molecule has 8 heteroatoms. The van der Waals surface area contributed by atoms with Gasteiger partial charge in [-0.3, -0.25) is 14.1 Å². The van der Waals surface area contributed by atoms with Crippen molar-refractivity contribution in [2.45, 2.75) is 31.7 Å². The molecule has 0 atom stereocenters. The van der Waals surface area contributed by atoms with Crippen LogP contribution in [-0.2, 0) is 16.6 Å². The summed E-state index contributed by atoms with van der Waals surface area (Å²) in [4.78, 5) is 12.2. The Morgan fingerprint density at radius 2 is 1.96 bits per heavy atom. The van der Waals surface area contributed by atoms with Crippen molar-refractivity contribution in [3.05, 3.63) is 56.7 Å². The molecular formula is C17H17ClN2O3S2. The van der Waals surface area contributed by atoms with Gasteiger partial charge in [0.2, 0.25) is 0 Å². The summed E-state index contributed by atoms with van der Waals surface area (Å²) in [5.74, 6) is 0. The highest BCUT2D eigenvalue weighted by molar-refractivity contribution is 7.92. The van der Waals surface area contributed by atoms with Gasteiger partial charge in [0.15, 0.2) is 0 Å². The predicted octanol–water partition coefficient (Wildman–Crippen LogP) is 4.24. The first kappa shape index (κ1) is 18.0. The van der Waals surface area contributed by atoms with E-state index in [1.54, 1.807) is 41.8 Å². The van der Waals surface area contributed by atoms with Crippen molar-refractivity contribution in [2.75, 3.05) is 4.72 Å². The van der Waals surface area contributed by atoms with Crippen LogP contribution in [0.25, 0.3) is 10.2 Å². The number of benzene rings is 2. The standard InChI is InChI=1S/C17H17ClN2O3S2/c1-3-8-20-14-6-5-13(10-15(14)24-17(20)21)19-25(22,23)16-7-4-12(18)9-11(16)2/h4-7,9-10,19H,3,8H2,1-2H3. The minimum Gasteiger partial charge on any atom is -0.299 e. The van der Waals surface area contributed by atoms with Crippen LogP contribution in [0.1, 0.15) is 18.9 Å². The highest BCUT2D eigenvalue weighted by Gasteiger charge is 2.18. The molecule has 2 aromatic carbocycles. The number of aryl methyl sites for hydroxylation is 2. The molecule has 1 aromatic heterocycles. The second kappa shape index (κ2) is 6.82. The Bertz CT molecular complexity index is 1100. The number of nitrogens with zero attached hydrogens (tertiary/aromatic N) is 1. The third-order valence-electron chi connectivity index (χ3n) is 3.79. The van der Waals surface area contributed by atoms with Gasteiger partial charge >= 0.3 is 4.87 Å². The highest BCUT2D eigenvalue weighted by atomic mass is 35.5. The molecule has 0 spiro atoms. The van der Waals surface area contributed by atoms with Crippen molar-refractivity contribution >= 4 is 48.9 Å². The van der Waals surface area contributed by atoms with Crippen molar-refractivity contribution in [1.82, 2.24) is 4.57 Å². The van der Waals surface area contributed by atoms with E-state index in [2.05, 4.69) is 4.72 Å². The van der Waals surface area contributed by atoms with Gasteiger partial charge in [-0.15, -0.1) is 0 Å². The van der Waals surface area contributed by atoms with Crippen molar-refractivity contribution in [3.8, 4) is 0 Å². The van der Waals surface area contributed by atoms with Gasteiger partial charge in [-0.2, -0.15) is 0 Å². The summed E-state index contributed by atoms with van der Waals surface area (Å²) in [7, 11) is -3.73. The summed E-state index contributed by atoms with van der Waals surface area (Å²) >= 11 is 7.00. The second-order valence-electron chi connectivity index (χ2n) is 5.72. The van der Waals surface area contributed by atoms with Crippen LogP contribution >= 0.6 is 22.9 Å². The Morgan fingerprint density at radius 1 is 1.20 bits per heavy atom. The molecule has 5 nitrogen and oxygen atoms in total. The zero-order valence-electron chi connectivity index (χ0n) is 13.7. The topological polar surface area (TPSA) is 68.2 Å². The molecule has 0 unspecified atom stereocenters. The van der Waals surface area contributed by atoms with E-state index in [1.165, 1.54) is 6.07 Å².